The van der Waals surface area contributed by atoms with Crippen LogP contribution in [-0.2, 0) is 0 Å². The van der Waals surface area contributed by atoms with E-state index in [1.54, 1.807) is 4.68 Å². The minimum absolute atomic E-state index is 0.213. The van der Waals surface area contributed by atoms with Crippen molar-refractivity contribution < 1.29 is 0 Å². The first-order chi connectivity index (χ1) is 7.61. The Labute approximate surface area is 99.2 Å². The number of halogens is 1. The minimum atomic E-state index is -0.213. The molecule has 84 valence electrons. The van der Waals surface area contributed by atoms with E-state index in [2.05, 4.69) is 35.4 Å². The second kappa shape index (κ2) is 4.22. The lowest BCUT2D eigenvalue weighted by Gasteiger charge is -2.10. The number of nitrogens with zero attached hydrogens (tertiary/aromatic N) is 4. The summed E-state index contributed by atoms with van der Waals surface area (Å²) in [5, 5.41) is 11.4. The Bertz CT molecular complexity index is 504. The van der Waals surface area contributed by atoms with E-state index in [9.17, 15) is 0 Å². The maximum Gasteiger partial charge on any atom is 0.174 e. The van der Waals surface area contributed by atoms with Gasteiger partial charge in [0.2, 0.25) is 0 Å². The maximum atomic E-state index is 6.03. The fraction of sp³-hybridized carbons (Fsp3) is 0.364. The van der Waals surface area contributed by atoms with E-state index in [1.165, 1.54) is 5.56 Å². The van der Waals surface area contributed by atoms with Crippen molar-refractivity contribution in [1.82, 2.24) is 20.2 Å². The van der Waals surface area contributed by atoms with Gasteiger partial charge in [-0.25, -0.2) is 0 Å². The normalized spacial score (nSPS) is 12.8. The van der Waals surface area contributed by atoms with Crippen molar-refractivity contribution in [3.8, 4) is 5.69 Å². The molecule has 4 nitrogen and oxygen atoms in total. The number of alkyl halides is 1. The number of aryl methyl sites for hydroxylation is 1. The molecule has 0 aliphatic heterocycles. The summed E-state index contributed by atoms with van der Waals surface area (Å²) in [6.45, 7) is 5.97. The molecule has 2 rings (SSSR count). The highest BCUT2D eigenvalue weighted by Gasteiger charge is 2.14. The molecule has 1 atom stereocenters. The van der Waals surface area contributed by atoms with Gasteiger partial charge in [-0.3, -0.25) is 0 Å². The van der Waals surface area contributed by atoms with Gasteiger partial charge in [0, 0.05) is 0 Å². The summed E-state index contributed by atoms with van der Waals surface area (Å²) >= 11 is 6.03. The standard InChI is InChI=1S/C11H13ClN4/c1-7-5-4-6-10(8(7)2)16-11(9(3)12)13-14-15-16/h4-6,9H,1-3H3. The lowest BCUT2D eigenvalue weighted by atomic mass is 10.1. The summed E-state index contributed by atoms with van der Waals surface area (Å²) in [6.07, 6.45) is 0. The van der Waals surface area contributed by atoms with Crippen LogP contribution in [0.15, 0.2) is 18.2 Å². The Balaban J connectivity index is 2.59. The highest BCUT2D eigenvalue weighted by Crippen LogP contribution is 2.22. The van der Waals surface area contributed by atoms with E-state index < -0.39 is 0 Å². The number of rotatable bonds is 2. The van der Waals surface area contributed by atoms with Gasteiger partial charge in [0.05, 0.1) is 11.1 Å². The van der Waals surface area contributed by atoms with Gasteiger partial charge in [0.1, 0.15) is 0 Å². The van der Waals surface area contributed by atoms with E-state index >= 15 is 0 Å². The third-order valence-electron chi connectivity index (χ3n) is 2.65. The van der Waals surface area contributed by atoms with Crippen LogP contribution >= 0.6 is 11.6 Å². The summed E-state index contributed by atoms with van der Waals surface area (Å²) in [7, 11) is 0. The van der Waals surface area contributed by atoms with Crippen molar-refractivity contribution in [2.45, 2.75) is 26.1 Å². The molecule has 0 saturated heterocycles. The van der Waals surface area contributed by atoms with Crippen molar-refractivity contribution in [2.75, 3.05) is 0 Å². The molecule has 1 aromatic heterocycles. The van der Waals surface area contributed by atoms with Crippen molar-refractivity contribution in [3.63, 3.8) is 0 Å². The molecule has 16 heavy (non-hydrogen) atoms. The number of benzene rings is 1. The van der Waals surface area contributed by atoms with Crippen LogP contribution in [0.3, 0.4) is 0 Å². The average molecular weight is 237 g/mol. The SMILES string of the molecule is Cc1cccc(-n2nnnc2C(C)Cl)c1C. The van der Waals surface area contributed by atoms with E-state index in [4.69, 9.17) is 11.6 Å². The molecular formula is C11H13ClN4. The maximum absolute atomic E-state index is 6.03. The molecule has 0 fully saturated rings. The van der Waals surface area contributed by atoms with Crippen LogP contribution in [0.4, 0.5) is 0 Å². The Morgan fingerprint density at radius 1 is 1.31 bits per heavy atom. The molecule has 1 heterocycles. The lowest BCUT2D eigenvalue weighted by molar-refractivity contribution is 0.756. The predicted molar refractivity (Wildman–Crippen MR) is 62.9 cm³/mol. The van der Waals surface area contributed by atoms with Crippen molar-refractivity contribution in [1.29, 1.82) is 0 Å². The third kappa shape index (κ3) is 1.80. The summed E-state index contributed by atoms with van der Waals surface area (Å²) < 4.78 is 1.69. The quantitative estimate of drug-likeness (QED) is 0.753. The Kier molecular flexibility index (Phi) is 2.92. The molecular weight excluding hydrogens is 224 g/mol. The topological polar surface area (TPSA) is 43.6 Å². The fourth-order valence-electron chi connectivity index (χ4n) is 1.58. The minimum Gasteiger partial charge on any atom is -0.196 e. The summed E-state index contributed by atoms with van der Waals surface area (Å²) in [6, 6.07) is 6.04. The van der Waals surface area contributed by atoms with E-state index in [-0.39, 0.29) is 5.38 Å². The Morgan fingerprint density at radius 3 is 2.75 bits per heavy atom. The Morgan fingerprint density at radius 2 is 2.06 bits per heavy atom. The monoisotopic (exact) mass is 236 g/mol. The van der Waals surface area contributed by atoms with Gasteiger partial charge >= 0.3 is 0 Å². The molecule has 5 heteroatoms. The van der Waals surface area contributed by atoms with Gasteiger partial charge in [-0.15, -0.1) is 16.7 Å². The summed E-state index contributed by atoms with van der Waals surface area (Å²) in [4.78, 5) is 0. The number of tetrazole rings is 1. The van der Waals surface area contributed by atoms with Crippen molar-refractivity contribution in [2.24, 2.45) is 0 Å². The third-order valence-corrected chi connectivity index (χ3v) is 2.85. The van der Waals surface area contributed by atoms with Crippen LogP contribution in [0.1, 0.15) is 29.3 Å². The zero-order valence-electron chi connectivity index (χ0n) is 9.48. The molecule has 0 N–H and O–H groups in total. The number of hydrogen-bond acceptors (Lipinski definition) is 3. The first kappa shape index (κ1) is 11.1. The smallest absolute Gasteiger partial charge is 0.174 e. The zero-order valence-corrected chi connectivity index (χ0v) is 10.2. The van der Waals surface area contributed by atoms with Crippen molar-refractivity contribution >= 4 is 11.6 Å². The first-order valence-corrected chi connectivity index (χ1v) is 5.54. The van der Waals surface area contributed by atoms with Crippen LogP contribution in [0.2, 0.25) is 0 Å². The first-order valence-electron chi connectivity index (χ1n) is 5.10. The highest BCUT2D eigenvalue weighted by atomic mass is 35.5. The molecule has 0 aliphatic carbocycles. The second-order valence-corrected chi connectivity index (χ2v) is 4.44. The van der Waals surface area contributed by atoms with Gasteiger partial charge in [-0.1, -0.05) is 12.1 Å². The van der Waals surface area contributed by atoms with E-state index in [0.29, 0.717) is 5.82 Å². The fourth-order valence-corrected chi connectivity index (χ4v) is 1.71. The summed E-state index contributed by atoms with van der Waals surface area (Å²) in [5.41, 5.74) is 3.35. The number of hydrogen-bond donors (Lipinski definition) is 0. The molecule has 0 amide bonds. The lowest BCUT2D eigenvalue weighted by Crippen LogP contribution is -2.06. The van der Waals surface area contributed by atoms with Crippen LogP contribution in [0.5, 0.6) is 0 Å². The highest BCUT2D eigenvalue weighted by molar-refractivity contribution is 6.20. The van der Waals surface area contributed by atoms with Gasteiger partial charge in [0.25, 0.3) is 0 Å². The Hall–Kier alpha value is -1.42. The van der Waals surface area contributed by atoms with Crippen LogP contribution in [0, 0.1) is 13.8 Å². The van der Waals surface area contributed by atoms with Crippen LogP contribution < -0.4 is 0 Å². The van der Waals surface area contributed by atoms with Gasteiger partial charge in [-0.2, -0.15) is 4.68 Å². The second-order valence-electron chi connectivity index (χ2n) is 3.78. The zero-order chi connectivity index (χ0) is 11.7. The van der Waals surface area contributed by atoms with Crippen LogP contribution in [0.25, 0.3) is 5.69 Å². The average Bonchev–Trinajstić information content (AvgIpc) is 2.70. The van der Waals surface area contributed by atoms with Crippen molar-refractivity contribution in [3.05, 3.63) is 35.2 Å². The molecule has 1 unspecified atom stereocenters. The molecule has 2 aromatic rings. The van der Waals surface area contributed by atoms with E-state index in [0.717, 1.165) is 11.3 Å². The van der Waals surface area contributed by atoms with E-state index in [1.807, 2.05) is 19.1 Å². The predicted octanol–water partition coefficient (Wildman–Crippen LogP) is 2.58. The summed E-state index contributed by atoms with van der Waals surface area (Å²) in [5.74, 6) is 0.662. The molecule has 0 spiro atoms. The largest absolute Gasteiger partial charge is 0.196 e. The van der Waals surface area contributed by atoms with Crippen LogP contribution in [-0.4, -0.2) is 20.2 Å². The number of aromatic nitrogens is 4. The molecule has 1 aromatic carbocycles. The van der Waals surface area contributed by atoms with Gasteiger partial charge in [0.15, 0.2) is 5.82 Å². The molecule has 0 bridgehead atoms. The molecule has 0 radical (unpaired) electrons. The van der Waals surface area contributed by atoms with Gasteiger partial charge < -0.3 is 0 Å². The van der Waals surface area contributed by atoms with Gasteiger partial charge in [-0.05, 0) is 48.4 Å². The molecule has 0 aliphatic rings. The molecule has 0 saturated carbocycles.